The summed E-state index contributed by atoms with van der Waals surface area (Å²) in [4.78, 5) is 19.0. The number of rotatable bonds is 5. The molecule has 128 valence electrons. The van der Waals surface area contributed by atoms with Crippen molar-refractivity contribution < 1.29 is 13.9 Å². The molecular weight excluding hydrogens is 309 g/mol. The summed E-state index contributed by atoms with van der Waals surface area (Å²) in [5.74, 6) is -0.491. The minimum Gasteiger partial charge on any atom is -0.383 e. The molecule has 0 aliphatic carbocycles. The molecule has 0 bridgehead atoms. The molecule has 1 aromatic carbocycles. The number of hydrogen-bond acceptors (Lipinski definition) is 4. The zero-order valence-corrected chi connectivity index (χ0v) is 13.8. The molecule has 2 aromatic rings. The molecule has 6 heteroatoms. The van der Waals surface area contributed by atoms with Gasteiger partial charge in [0.2, 0.25) is 0 Å². The minimum atomic E-state index is -0.331. The molecule has 24 heavy (non-hydrogen) atoms. The van der Waals surface area contributed by atoms with E-state index in [-0.39, 0.29) is 17.8 Å². The maximum atomic E-state index is 13.3. The van der Waals surface area contributed by atoms with E-state index in [1.807, 2.05) is 0 Å². The van der Waals surface area contributed by atoms with Gasteiger partial charge in [0.25, 0.3) is 5.91 Å². The Morgan fingerprint density at radius 3 is 3.17 bits per heavy atom. The van der Waals surface area contributed by atoms with Crippen LogP contribution in [0.5, 0.6) is 0 Å². The Bertz CT molecular complexity index is 722. The molecule has 1 amide bonds. The van der Waals surface area contributed by atoms with Crippen molar-refractivity contribution in [2.24, 2.45) is 0 Å². The fraction of sp³-hybridized carbons (Fsp3) is 0.444. The minimum absolute atomic E-state index is 0.117. The molecule has 5 nitrogen and oxygen atoms in total. The number of carbonyl (C=O) groups excluding carboxylic acids is 1. The van der Waals surface area contributed by atoms with Crippen molar-refractivity contribution in [3.8, 4) is 0 Å². The van der Waals surface area contributed by atoms with Gasteiger partial charge in [-0.2, -0.15) is 0 Å². The molecule has 1 saturated heterocycles. The number of methoxy groups -OCH3 is 1. The summed E-state index contributed by atoms with van der Waals surface area (Å²) in [6.07, 6.45) is 3.56. The number of nitrogens with zero attached hydrogens (tertiary/aromatic N) is 2. The van der Waals surface area contributed by atoms with E-state index in [4.69, 9.17) is 4.74 Å². The summed E-state index contributed by atoms with van der Waals surface area (Å²) >= 11 is 0. The van der Waals surface area contributed by atoms with Gasteiger partial charge in [-0.1, -0.05) is 0 Å². The molecule has 2 heterocycles. The van der Waals surface area contributed by atoms with E-state index in [2.05, 4.69) is 15.2 Å². The third-order valence-corrected chi connectivity index (χ3v) is 4.36. The lowest BCUT2D eigenvalue weighted by Gasteiger charge is -2.32. The number of pyridine rings is 1. The van der Waals surface area contributed by atoms with Crippen LogP contribution in [0.4, 0.5) is 4.39 Å². The average Bonchev–Trinajstić information content (AvgIpc) is 2.59. The summed E-state index contributed by atoms with van der Waals surface area (Å²) in [7, 11) is 1.69. The Morgan fingerprint density at radius 2 is 2.33 bits per heavy atom. The van der Waals surface area contributed by atoms with Crippen LogP contribution in [0.2, 0.25) is 0 Å². The lowest BCUT2D eigenvalue weighted by Crippen LogP contribution is -2.48. The number of amides is 1. The number of benzene rings is 1. The van der Waals surface area contributed by atoms with Crippen molar-refractivity contribution in [2.75, 3.05) is 33.4 Å². The zero-order chi connectivity index (χ0) is 16.9. The summed E-state index contributed by atoms with van der Waals surface area (Å²) in [6.45, 7) is 3.43. The lowest BCUT2D eigenvalue weighted by atomic mass is 10.0. The normalized spacial score (nSPS) is 18.7. The molecule has 0 radical (unpaired) electrons. The smallest absolute Gasteiger partial charge is 0.253 e. The van der Waals surface area contributed by atoms with Crippen LogP contribution in [0.25, 0.3) is 10.9 Å². The number of piperidine rings is 1. The first kappa shape index (κ1) is 16.8. The first-order chi connectivity index (χ1) is 11.7. The van der Waals surface area contributed by atoms with Gasteiger partial charge in [0, 0.05) is 37.8 Å². The van der Waals surface area contributed by atoms with Crippen LogP contribution in [0.3, 0.4) is 0 Å². The second kappa shape index (κ2) is 7.68. The van der Waals surface area contributed by atoms with Crippen molar-refractivity contribution >= 4 is 16.8 Å². The second-order valence-electron chi connectivity index (χ2n) is 6.17. The fourth-order valence-corrected chi connectivity index (χ4v) is 3.09. The van der Waals surface area contributed by atoms with Gasteiger partial charge in [-0.3, -0.25) is 14.7 Å². The van der Waals surface area contributed by atoms with Crippen molar-refractivity contribution in [3.63, 3.8) is 0 Å². The lowest BCUT2D eigenvalue weighted by molar-refractivity contribution is 0.0878. The SMILES string of the molecule is COCCN1CCC[C@@H](NC(=O)c2cnc3ccc(F)cc3c2)C1. The molecule has 0 saturated carbocycles. The number of carbonyl (C=O) groups is 1. The van der Waals surface area contributed by atoms with Crippen molar-refractivity contribution in [1.29, 1.82) is 0 Å². The molecule has 1 N–H and O–H groups in total. The number of ether oxygens (including phenoxy) is 1. The highest BCUT2D eigenvalue weighted by atomic mass is 19.1. The van der Waals surface area contributed by atoms with Crippen LogP contribution in [0, 0.1) is 5.82 Å². The van der Waals surface area contributed by atoms with Gasteiger partial charge >= 0.3 is 0 Å². The molecule has 0 unspecified atom stereocenters. The Hall–Kier alpha value is -2.05. The Kier molecular flexibility index (Phi) is 5.37. The predicted molar refractivity (Wildman–Crippen MR) is 90.5 cm³/mol. The quantitative estimate of drug-likeness (QED) is 0.913. The zero-order valence-electron chi connectivity index (χ0n) is 13.8. The topological polar surface area (TPSA) is 54.5 Å². The highest BCUT2D eigenvalue weighted by Gasteiger charge is 2.21. The summed E-state index contributed by atoms with van der Waals surface area (Å²) in [6, 6.07) is 6.18. The summed E-state index contributed by atoms with van der Waals surface area (Å²) in [5, 5.41) is 3.70. The average molecular weight is 331 g/mol. The number of halogens is 1. The van der Waals surface area contributed by atoms with Crippen LogP contribution < -0.4 is 5.32 Å². The first-order valence-corrected chi connectivity index (χ1v) is 8.23. The third-order valence-electron chi connectivity index (χ3n) is 4.36. The first-order valence-electron chi connectivity index (χ1n) is 8.23. The van der Waals surface area contributed by atoms with Crippen LogP contribution in [0.15, 0.2) is 30.5 Å². The van der Waals surface area contributed by atoms with E-state index in [9.17, 15) is 9.18 Å². The largest absolute Gasteiger partial charge is 0.383 e. The number of fused-ring (bicyclic) bond motifs is 1. The van der Waals surface area contributed by atoms with Gasteiger partial charge in [0.05, 0.1) is 17.7 Å². The maximum Gasteiger partial charge on any atom is 0.253 e. The maximum absolute atomic E-state index is 13.3. The van der Waals surface area contributed by atoms with Crippen LogP contribution in [0.1, 0.15) is 23.2 Å². The van der Waals surface area contributed by atoms with E-state index < -0.39 is 0 Å². The monoisotopic (exact) mass is 331 g/mol. The van der Waals surface area contributed by atoms with Crippen molar-refractivity contribution in [1.82, 2.24) is 15.2 Å². The number of aromatic nitrogens is 1. The van der Waals surface area contributed by atoms with Crippen molar-refractivity contribution in [3.05, 3.63) is 41.8 Å². The Balaban J connectivity index is 1.66. The van der Waals surface area contributed by atoms with E-state index in [1.165, 1.54) is 12.1 Å². The molecule has 0 spiro atoms. The van der Waals surface area contributed by atoms with Gasteiger partial charge < -0.3 is 10.1 Å². The highest BCUT2D eigenvalue weighted by molar-refractivity contribution is 5.97. The van der Waals surface area contributed by atoms with E-state index in [0.717, 1.165) is 32.5 Å². The Labute approximate surface area is 140 Å². The van der Waals surface area contributed by atoms with Gasteiger partial charge in [-0.05, 0) is 43.7 Å². The molecule has 1 aromatic heterocycles. The number of nitrogens with one attached hydrogen (secondary N) is 1. The molecule has 1 atom stereocenters. The van der Waals surface area contributed by atoms with Crippen LogP contribution in [-0.2, 0) is 4.74 Å². The predicted octanol–water partition coefficient (Wildman–Crippen LogP) is 2.21. The standard InChI is InChI=1S/C18H22FN3O2/c1-24-8-7-22-6-2-3-16(12-22)21-18(23)14-9-13-10-15(19)4-5-17(13)20-11-14/h4-5,9-11,16H,2-3,6-8,12H2,1H3,(H,21,23)/t16-/m1/s1. The molecule has 3 rings (SSSR count). The van der Waals surface area contributed by atoms with Gasteiger partial charge in [-0.25, -0.2) is 4.39 Å². The molecule has 1 aliphatic rings. The van der Waals surface area contributed by atoms with Gasteiger partial charge in [-0.15, -0.1) is 0 Å². The van der Waals surface area contributed by atoms with E-state index in [1.54, 1.807) is 25.4 Å². The van der Waals surface area contributed by atoms with Crippen LogP contribution >= 0.6 is 0 Å². The van der Waals surface area contributed by atoms with E-state index in [0.29, 0.717) is 23.1 Å². The molecule has 1 fully saturated rings. The number of likely N-dealkylation sites (tertiary alicyclic amines) is 1. The highest BCUT2D eigenvalue weighted by Crippen LogP contribution is 2.16. The van der Waals surface area contributed by atoms with Gasteiger partial charge in [0.15, 0.2) is 0 Å². The van der Waals surface area contributed by atoms with E-state index >= 15 is 0 Å². The molecule has 1 aliphatic heterocycles. The fourth-order valence-electron chi connectivity index (χ4n) is 3.09. The van der Waals surface area contributed by atoms with Crippen LogP contribution in [-0.4, -0.2) is 55.2 Å². The second-order valence-corrected chi connectivity index (χ2v) is 6.17. The van der Waals surface area contributed by atoms with Gasteiger partial charge in [0.1, 0.15) is 5.82 Å². The molecular formula is C18H22FN3O2. The summed E-state index contributed by atoms with van der Waals surface area (Å²) in [5.41, 5.74) is 1.14. The van der Waals surface area contributed by atoms with Crippen molar-refractivity contribution in [2.45, 2.75) is 18.9 Å². The Morgan fingerprint density at radius 1 is 1.46 bits per heavy atom. The third kappa shape index (κ3) is 4.07. The summed E-state index contributed by atoms with van der Waals surface area (Å²) < 4.78 is 18.5. The number of hydrogen-bond donors (Lipinski definition) is 1.